The van der Waals surface area contributed by atoms with E-state index in [1.807, 2.05) is 25.2 Å². The van der Waals surface area contributed by atoms with Gasteiger partial charge < -0.3 is 5.73 Å². The topological polar surface area (TPSA) is 26.0 Å². The van der Waals surface area contributed by atoms with Crippen LogP contribution < -0.4 is 5.73 Å². The summed E-state index contributed by atoms with van der Waals surface area (Å²) in [7, 11) is 0. The third-order valence-electron chi connectivity index (χ3n) is 1.30. The molecule has 50 valence electrons. The van der Waals surface area contributed by atoms with Crippen LogP contribution in [0, 0.1) is 0 Å². The van der Waals surface area contributed by atoms with Gasteiger partial charge in [0.15, 0.2) is 0 Å². The summed E-state index contributed by atoms with van der Waals surface area (Å²) in [6.45, 7) is 1.95. The second-order valence-electron chi connectivity index (χ2n) is 2.56. The van der Waals surface area contributed by atoms with Crippen LogP contribution in [-0.2, 0) is 0 Å². The zero-order valence-corrected chi connectivity index (χ0v) is 6.15. The normalized spacial score (nSPS) is 34.2. The molecule has 0 spiro atoms. The van der Waals surface area contributed by atoms with Gasteiger partial charge in [-0.1, -0.05) is 12.2 Å². The predicted octanol–water partition coefficient (Wildman–Crippen LogP) is 1.79. The Balaban J connectivity index is 2.73. The highest BCUT2D eigenvalue weighted by Gasteiger charge is 2.19. The van der Waals surface area contributed by atoms with Gasteiger partial charge in [-0.3, -0.25) is 0 Å². The molecule has 0 aliphatic heterocycles. The molecule has 2 heteroatoms. The summed E-state index contributed by atoms with van der Waals surface area (Å²) < 4.78 is 0. The van der Waals surface area contributed by atoms with Gasteiger partial charge in [-0.2, -0.15) is 0 Å². The van der Waals surface area contributed by atoms with Gasteiger partial charge in [0.2, 0.25) is 0 Å². The Morgan fingerprint density at radius 1 is 1.78 bits per heavy atom. The molecule has 9 heavy (non-hydrogen) atoms. The lowest BCUT2D eigenvalue weighted by atomic mass is 10.0. The number of hydrogen-bond donors (Lipinski definition) is 1. The molecule has 0 aromatic rings. The molecule has 1 rings (SSSR count). The van der Waals surface area contributed by atoms with E-state index in [0.29, 0.717) is 0 Å². The maximum atomic E-state index is 5.96. The van der Waals surface area contributed by atoms with Gasteiger partial charge in [-0.15, -0.1) is 11.6 Å². The first-order valence-corrected chi connectivity index (χ1v) is 3.31. The number of hydrogen-bond acceptors (Lipinski definition) is 1. The highest BCUT2D eigenvalue weighted by Crippen LogP contribution is 2.26. The van der Waals surface area contributed by atoms with Crippen LogP contribution in [0.5, 0.6) is 0 Å². The summed E-state index contributed by atoms with van der Waals surface area (Å²) in [5, 5.41) is 0. The van der Waals surface area contributed by atoms with Crippen molar-refractivity contribution in [3.8, 4) is 0 Å². The fourth-order valence-corrected chi connectivity index (χ4v) is 1.12. The first-order valence-electron chi connectivity index (χ1n) is 2.93. The van der Waals surface area contributed by atoms with Crippen LogP contribution in [0.2, 0.25) is 0 Å². The highest BCUT2D eigenvalue weighted by molar-refractivity contribution is 6.25. The third kappa shape index (κ3) is 1.75. The van der Waals surface area contributed by atoms with E-state index < -0.39 is 0 Å². The Kier molecular flexibility index (Phi) is 1.54. The lowest BCUT2D eigenvalue weighted by Gasteiger charge is -2.19. The van der Waals surface area contributed by atoms with E-state index in [1.54, 1.807) is 0 Å². The van der Waals surface area contributed by atoms with Crippen molar-refractivity contribution in [2.24, 2.45) is 5.73 Å². The van der Waals surface area contributed by atoms with Crippen molar-refractivity contribution in [2.75, 3.05) is 0 Å². The van der Waals surface area contributed by atoms with E-state index in [2.05, 4.69) is 0 Å². The molecular formula is C7H10ClN. The van der Waals surface area contributed by atoms with Gasteiger partial charge in [-0.05, 0) is 13.0 Å². The number of rotatable bonds is 0. The average Bonchev–Trinajstić information content (AvgIpc) is 1.60. The Bertz CT molecular complexity index is 168. The lowest BCUT2D eigenvalue weighted by molar-refractivity contribution is 0.744. The van der Waals surface area contributed by atoms with Crippen LogP contribution in [0.25, 0.3) is 0 Å². The molecule has 0 aromatic carbocycles. The number of halogens is 1. The summed E-state index contributed by atoms with van der Waals surface area (Å²) >= 11 is 5.96. The third-order valence-corrected chi connectivity index (χ3v) is 1.56. The van der Waals surface area contributed by atoms with Crippen LogP contribution in [0.3, 0.4) is 0 Å². The van der Waals surface area contributed by atoms with E-state index >= 15 is 0 Å². The molecule has 1 unspecified atom stereocenters. The molecule has 0 bridgehead atoms. The van der Waals surface area contributed by atoms with Gasteiger partial charge in [0, 0.05) is 12.1 Å². The van der Waals surface area contributed by atoms with Crippen molar-refractivity contribution in [3.63, 3.8) is 0 Å². The Labute approximate surface area is 60.2 Å². The van der Waals surface area contributed by atoms with Gasteiger partial charge in [0.25, 0.3) is 0 Å². The fourth-order valence-electron chi connectivity index (χ4n) is 0.889. The Hall–Kier alpha value is -0.430. The zero-order valence-electron chi connectivity index (χ0n) is 5.39. The van der Waals surface area contributed by atoms with Crippen LogP contribution in [-0.4, -0.2) is 4.87 Å². The molecule has 1 aliphatic rings. The number of alkyl halides is 1. The minimum absolute atomic E-state index is 0.251. The van der Waals surface area contributed by atoms with E-state index in [1.165, 1.54) is 0 Å². The van der Waals surface area contributed by atoms with Crippen molar-refractivity contribution in [2.45, 2.75) is 18.2 Å². The van der Waals surface area contributed by atoms with E-state index in [0.717, 1.165) is 12.1 Å². The van der Waals surface area contributed by atoms with Crippen molar-refractivity contribution in [3.05, 3.63) is 23.9 Å². The maximum Gasteiger partial charge on any atom is 0.0655 e. The largest absolute Gasteiger partial charge is 0.402 e. The van der Waals surface area contributed by atoms with Crippen molar-refractivity contribution in [1.29, 1.82) is 0 Å². The Morgan fingerprint density at radius 3 is 2.78 bits per heavy atom. The molecule has 1 atom stereocenters. The monoisotopic (exact) mass is 143 g/mol. The van der Waals surface area contributed by atoms with Gasteiger partial charge >= 0.3 is 0 Å². The van der Waals surface area contributed by atoms with Gasteiger partial charge in [0.05, 0.1) is 4.87 Å². The highest BCUT2D eigenvalue weighted by atomic mass is 35.5. The summed E-state index contributed by atoms with van der Waals surface area (Å²) in [5.41, 5.74) is 6.39. The second kappa shape index (κ2) is 2.07. The average molecular weight is 144 g/mol. The molecule has 0 aromatic heterocycles. The molecular weight excluding hydrogens is 134 g/mol. The molecule has 0 heterocycles. The smallest absolute Gasteiger partial charge is 0.0655 e. The predicted molar refractivity (Wildman–Crippen MR) is 40.3 cm³/mol. The van der Waals surface area contributed by atoms with Gasteiger partial charge in [-0.25, -0.2) is 0 Å². The SMILES string of the molecule is CC1(Cl)C=CC=C(N)C1. The first-order chi connectivity index (χ1) is 4.10. The maximum absolute atomic E-state index is 5.96. The van der Waals surface area contributed by atoms with Crippen molar-refractivity contribution >= 4 is 11.6 Å². The molecule has 0 radical (unpaired) electrons. The lowest BCUT2D eigenvalue weighted by Crippen LogP contribution is -2.19. The van der Waals surface area contributed by atoms with E-state index in [-0.39, 0.29) is 4.87 Å². The molecule has 2 N–H and O–H groups in total. The molecule has 0 amide bonds. The molecule has 0 saturated carbocycles. The Morgan fingerprint density at radius 2 is 2.44 bits per heavy atom. The van der Waals surface area contributed by atoms with Crippen molar-refractivity contribution < 1.29 is 0 Å². The minimum atomic E-state index is -0.251. The van der Waals surface area contributed by atoms with E-state index in [4.69, 9.17) is 17.3 Å². The molecule has 1 aliphatic carbocycles. The standard InChI is InChI=1S/C7H10ClN/c1-7(8)4-2-3-6(9)5-7/h2-4H,5,9H2,1H3. The van der Waals surface area contributed by atoms with E-state index in [9.17, 15) is 0 Å². The summed E-state index contributed by atoms with van der Waals surface area (Å²) in [5.74, 6) is 0. The number of allylic oxidation sites excluding steroid dienone is 4. The van der Waals surface area contributed by atoms with Crippen LogP contribution in [0.1, 0.15) is 13.3 Å². The zero-order chi connectivity index (χ0) is 6.91. The van der Waals surface area contributed by atoms with Crippen LogP contribution in [0.4, 0.5) is 0 Å². The van der Waals surface area contributed by atoms with Crippen LogP contribution >= 0.6 is 11.6 Å². The second-order valence-corrected chi connectivity index (χ2v) is 3.42. The minimum Gasteiger partial charge on any atom is -0.402 e. The summed E-state index contributed by atoms with van der Waals surface area (Å²) in [6, 6.07) is 0. The molecule has 0 saturated heterocycles. The van der Waals surface area contributed by atoms with Crippen molar-refractivity contribution in [1.82, 2.24) is 0 Å². The summed E-state index contributed by atoms with van der Waals surface area (Å²) in [6.07, 6.45) is 6.48. The molecule has 1 nitrogen and oxygen atoms in total. The van der Waals surface area contributed by atoms with Crippen LogP contribution in [0.15, 0.2) is 23.9 Å². The fraction of sp³-hybridized carbons (Fsp3) is 0.429. The molecule has 0 fully saturated rings. The number of nitrogens with two attached hydrogens (primary N) is 1. The first kappa shape index (κ1) is 6.69. The van der Waals surface area contributed by atoms with Gasteiger partial charge in [0.1, 0.15) is 0 Å². The quantitative estimate of drug-likeness (QED) is 0.514. The summed E-state index contributed by atoms with van der Waals surface area (Å²) in [4.78, 5) is -0.251.